The maximum atomic E-state index is 11.5. The molecule has 1 aromatic heterocycles. The fraction of sp³-hybridized carbons (Fsp3) is 0.231. The Hall–Kier alpha value is -2.94. The monoisotopic (exact) mass is 308 g/mol. The van der Waals surface area contributed by atoms with Crippen LogP contribution in [0.15, 0.2) is 35.0 Å². The fourth-order valence-corrected chi connectivity index (χ4v) is 1.69. The first-order valence-electron chi connectivity index (χ1n) is 6.19. The van der Waals surface area contributed by atoms with Gasteiger partial charge in [0.25, 0.3) is 5.69 Å². The Morgan fingerprint density at radius 2 is 2.05 bits per heavy atom. The summed E-state index contributed by atoms with van der Waals surface area (Å²) in [6.07, 6.45) is -2.59. The number of esters is 1. The minimum absolute atomic E-state index is 0.0675. The van der Waals surface area contributed by atoms with Crippen molar-refractivity contribution in [2.45, 2.75) is 19.1 Å². The third-order valence-corrected chi connectivity index (χ3v) is 2.74. The molecule has 1 heterocycles. The summed E-state index contributed by atoms with van der Waals surface area (Å²) < 4.78 is 9.19. The number of carbonyl (C=O) groups excluding carboxylic acids is 1. The van der Waals surface area contributed by atoms with E-state index in [9.17, 15) is 19.9 Å². The van der Waals surface area contributed by atoms with Crippen LogP contribution in [0.2, 0.25) is 0 Å². The van der Waals surface area contributed by atoms with Crippen LogP contribution in [0.5, 0.6) is 0 Å². The van der Waals surface area contributed by atoms with Gasteiger partial charge in [-0.15, -0.1) is 0 Å². The van der Waals surface area contributed by atoms with E-state index >= 15 is 0 Å². The maximum absolute atomic E-state index is 11.5. The lowest BCUT2D eigenvalue weighted by molar-refractivity contribution is -0.808. The van der Waals surface area contributed by atoms with E-state index in [2.05, 4.69) is 9.79 Å². The van der Waals surface area contributed by atoms with E-state index < -0.39 is 31.1 Å². The number of aliphatic hydroxyl groups is 1. The van der Waals surface area contributed by atoms with Crippen molar-refractivity contribution < 1.29 is 34.1 Å². The zero-order valence-electron chi connectivity index (χ0n) is 11.2. The summed E-state index contributed by atoms with van der Waals surface area (Å²) in [7, 11) is 0. The topological polar surface area (TPSA) is 137 Å². The van der Waals surface area contributed by atoms with Gasteiger partial charge in [0.05, 0.1) is 6.42 Å². The van der Waals surface area contributed by atoms with Crippen LogP contribution in [0.1, 0.15) is 12.1 Å². The van der Waals surface area contributed by atoms with Crippen molar-refractivity contribution in [3.8, 4) is 11.3 Å². The summed E-state index contributed by atoms with van der Waals surface area (Å²) in [4.78, 5) is 21.9. The number of aromatic nitrogens is 2. The maximum Gasteiger partial charge on any atom is 0.336 e. The zero-order valence-corrected chi connectivity index (χ0v) is 11.2. The highest BCUT2D eigenvalue weighted by atomic mass is 16.8. The van der Waals surface area contributed by atoms with Gasteiger partial charge >= 0.3 is 11.9 Å². The lowest BCUT2D eigenvalue weighted by Gasteiger charge is -2.07. The van der Waals surface area contributed by atoms with Crippen LogP contribution in [-0.2, 0) is 20.9 Å². The van der Waals surface area contributed by atoms with Crippen LogP contribution in [0, 0.1) is 5.21 Å². The molecular formula is C13H12N2O7. The summed E-state index contributed by atoms with van der Waals surface area (Å²) >= 11 is 0. The van der Waals surface area contributed by atoms with E-state index in [1.165, 1.54) is 0 Å². The molecule has 0 fully saturated rings. The molecule has 2 N–H and O–H groups in total. The molecule has 0 bridgehead atoms. The molecule has 22 heavy (non-hydrogen) atoms. The number of aliphatic hydroxyl groups excluding tert-OH is 1. The average Bonchev–Trinajstić information content (AvgIpc) is 2.86. The van der Waals surface area contributed by atoms with Gasteiger partial charge in [-0.1, -0.05) is 30.3 Å². The summed E-state index contributed by atoms with van der Waals surface area (Å²) in [6.45, 7) is -0.507. The van der Waals surface area contributed by atoms with E-state index in [0.717, 1.165) is 0 Å². The van der Waals surface area contributed by atoms with Gasteiger partial charge in [-0.2, -0.15) is 0 Å². The highest BCUT2D eigenvalue weighted by molar-refractivity contribution is 5.80. The highest BCUT2D eigenvalue weighted by Gasteiger charge is 2.25. The number of hydrogen-bond donors (Lipinski definition) is 2. The third kappa shape index (κ3) is 3.58. The number of carboxylic acid groups (broad SMARTS) is 1. The molecule has 2 aromatic rings. The Labute approximate surface area is 123 Å². The Kier molecular flexibility index (Phi) is 4.69. The number of benzene rings is 1. The first kappa shape index (κ1) is 15.4. The Morgan fingerprint density at radius 1 is 1.36 bits per heavy atom. The summed E-state index contributed by atoms with van der Waals surface area (Å²) in [5, 5.41) is 32.9. The van der Waals surface area contributed by atoms with Gasteiger partial charge in [-0.05, 0) is 4.90 Å². The normalized spacial score (nSPS) is 11.9. The van der Waals surface area contributed by atoms with Crippen molar-refractivity contribution in [2.24, 2.45) is 0 Å². The largest absolute Gasteiger partial charge is 0.481 e. The predicted molar refractivity (Wildman–Crippen MR) is 69.0 cm³/mol. The number of nitrogens with zero attached hydrogens (tertiary/aromatic N) is 2. The lowest BCUT2D eigenvalue weighted by Crippen LogP contribution is -2.31. The van der Waals surface area contributed by atoms with Gasteiger partial charge in [0, 0.05) is 10.7 Å². The van der Waals surface area contributed by atoms with Crippen molar-refractivity contribution >= 4 is 11.9 Å². The van der Waals surface area contributed by atoms with Crippen LogP contribution >= 0.6 is 0 Å². The van der Waals surface area contributed by atoms with Crippen LogP contribution in [-0.4, -0.2) is 33.4 Å². The van der Waals surface area contributed by atoms with Crippen LogP contribution in [0.3, 0.4) is 0 Å². The summed E-state index contributed by atoms with van der Waals surface area (Å²) in [6, 6.07) is 8.60. The molecule has 1 atom stereocenters. The standard InChI is InChI=1S/C13H12N2O7/c16-10(6-11(17)18)13(19)21-7-9-12(14-22-15(9)20)8-4-2-1-3-5-8/h1-5,10,16H,6-7H2,(H,17,18). The van der Waals surface area contributed by atoms with E-state index in [0.29, 0.717) is 5.56 Å². The molecule has 9 heteroatoms. The molecule has 1 unspecified atom stereocenters. The quantitative estimate of drug-likeness (QED) is 0.555. The molecule has 0 saturated heterocycles. The van der Waals surface area contributed by atoms with Gasteiger partial charge in [0.1, 0.15) is 0 Å². The molecule has 116 valence electrons. The molecule has 0 aliphatic heterocycles. The molecule has 0 radical (unpaired) electrons. The summed E-state index contributed by atoms with van der Waals surface area (Å²) in [5.41, 5.74) is 0.705. The second-order valence-electron chi connectivity index (χ2n) is 4.31. The molecule has 9 nitrogen and oxygen atoms in total. The van der Waals surface area contributed by atoms with Crippen LogP contribution < -0.4 is 4.90 Å². The smallest absolute Gasteiger partial charge is 0.336 e. The van der Waals surface area contributed by atoms with Gasteiger partial charge < -0.3 is 20.2 Å². The number of carboxylic acids is 1. The number of ether oxygens (including phenoxy) is 1. The minimum Gasteiger partial charge on any atom is -0.481 e. The van der Waals surface area contributed by atoms with Gasteiger partial charge in [0.2, 0.25) is 5.69 Å². The van der Waals surface area contributed by atoms with E-state index in [1.807, 2.05) is 0 Å². The van der Waals surface area contributed by atoms with Crippen molar-refractivity contribution in [3.63, 3.8) is 0 Å². The first-order chi connectivity index (χ1) is 10.5. The Morgan fingerprint density at radius 3 is 2.68 bits per heavy atom. The molecule has 0 amide bonds. The Balaban J connectivity index is 2.09. The summed E-state index contributed by atoms with van der Waals surface area (Å²) in [5.74, 6) is -2.50. The van der Waals surface area contributed by atoms with Crippen molar-refractivity contribution in [1.82, 2.24) is 5.16 Å². The van der Waals surface area contributed by atoms with Gasteiger partial charge in [-0.25, -0.2) is 4.79 Å². The molecule has 2 rings (SSSR count). The molecular weight excluding hydrogens is 296 g/mol. The molecule has 0 spiro atoms. The molecule has 0 aliphatic rings. The predicted octanol–water partition coefficient (Wildman–Crippen LogP) is -0.146. The van der Waals surface area contributed by atoms with Crippen molar-refractivity contribution in [3.05, 3.63) is 41.2 Å². The van der Waals surface area contributed by atoms with E-state index in [4.69, 9.17) is 9.84 Å². The highest BCUT2D eigenvalue weighted by Crippen LogP contribution is 2.19. The zero-order chi connectivity index (χ0) is 16.1. The fourth-order valence-electron chi connectivity index (χ4n) is 1.69. The van der Waals surface area contributed by atoms with Crippen LogP contribution in [0.25, 0.3) is 11.3 Å². The van der Waals surface area contributed by atoms with Crippen LogP contribution in [0.4, 0.5) is 0 Å². The first-order valence-corrected chi connectivity index (χ1v) is 6.19. The minimum atomic E-state index is -1.81. The SMILES string of the molecule is O=C(O)CC(O)C(=O)OCc1c(-c2ccccc2)no[n+]1[O-]. The van der Waals surface area contributed by atoms with E-state index in [-0.39, 0.29) is 16.3 Å². The molecule has 1 aromatic carbocycles. The van der Waals surface area contributed by atoms with Gasteiger partial charge in [-0.3, -0.25) is 9.42 Å². The molecule has 0 aliphatic carbocycles. The molecule has 0 saturated carbocycles. The van der Waals surface area contributed by atoms with E-state index in [1.54, 1.807) is 30.3 Å². The lowest BCUT2D eigenvalue weighted by atomic mass is 10.1. The average molecular weight is 308 g/mol. The number of carbonyl (C=O) groups is 2. The number of hydrogen-bond acceptors (Lipinski definition) is 7. The van der Waals surface area contributed by atoms with Crippen molar-refractivity contribution in [1.29, 1.82) is 0 Å². The third-order valence-electron chi connectivity index (χ3n) is 2.74. The Bertz CT molecular complexity index is 668. The number of aliphatic carboxylic acids is 1. The number of rotatable bonds is 6. The second kappa shape index (κ2) is 6.68. The van der Waals surface area contributed by atoms with Gasteiger partial charge in [0.15, 0.2) is 12.7 Å². The second-order valence-corrected chi connectivity index (χ2v) is 4.31. The van der Waals surface area contributed by atoms with Crippen molar-refractivity contribution in [2.75, 3.05) is 0 Å².